The molecule has 2 rings (SSSR count). The van der Waals surface area contributed by atoms with Gasteiger partial charge in [0.25, 0.3) is 0 Å². The predicted molar refractivity (Wildman–Crippen MR) is 61.0 cm³/mol. The summed E-state index contributed by atoms with van der Waals surface area (Å²) in [5, 5.41) is 15.7. The molecule has 0 aliphatic carbocycles. The molecule has 5 heteroatoms. The number of carbonyl (C=O) groups excluding carboxylic acids is 1. The van der Waals surface area contributed by atoms with E-state index in [1.165, 1.54) is 0 Å². The summed E-state index contributed by atoms with van der Waals surface area (Å²) in [6, 6.07) is 9.36. The first kappa shape index (κ1) is 11.1. The molecule has 0 fully saturated rings. The zero-order chi connectivity index (χ0) is 12.1. The normalized spacial score (nSPS) is 10.1. The molecule has 0 saturated carbocycles. The van der Waals surface area contributed by atoms with E-state index in [-0.39, 0.29) is 12.3 Å². The molecule has 0 unspecified atom stereocenters. The Morgan fingerprint density at radius 1 is 1.47 bits per heavy atom. The molecule has 1 aromatic heterocycles. The Balaban J connectivity index is 2.04. The number of benzene rings is 1. The topological polar surface area (TPSA) is 78.9 Å². The number of fused-ring (bicyclic) bond motifs is 1. The van der Waals surface area contributed by atoms with Gasteiger partial charge in [-0.2, -0.15) is 5.26 Å². The average molecular weight is 229 g/mol. The molecule has 1 heterocycles. The lowest BCUT2D eigenvalue weighted by atomic mass is 10.1. The van der Waals surface area contributed by atoms with Crippen molar-refractivity contribution in [2.24, 2.45) is 0 Å². The van der Waals surface area contributed by atoms with Crippen molar-refractivity contribution in [3.05, 3.63) is 30.0 Å². The second-order valence-electron chi connectivity index (χ2n) is 3.56. The third kappa shape index (κ3) is 2.61. The lowest BCUT2D eigenvalue weighted by Gasteiger charge is -1.99. The number of amides is 1. The molecule has 17 heavy (non-hydrogen) atoms. The van der Waals surface area contributed by atoms with Crippen molar-refractivity contribution in [2.45, 2.75) is 12.8 Å². The summed E-state index contributed by atoms with van der Waals surface area (Å²) in [6.45, 7) is 0.366. The van der Waals surface area contributed by atoms with Gasteiger partial charge >= 0.3 is 0 Å². The van der Waals surface area contributed by atoms with Crippen molar-refractivity contribution in [3.8, 4) is 6.07 Å². The van der Waals surface area contributed by atoms with Gasteiger partial charge in [0.1, 0.15) is 5.69 Å². The van der Waals surface area contributed by atoms with Gasteiger partial charge in [0.15, 0.2) is 5.58 Å². The summed E-state index contributed by atoms with van der Waals surface area (Å²) in [6.07, 6.45) is 0.480. The highest BCUT2D eigenvalue weighted by Gasteiger charge is 2.11. The molecular weight excluding hydrogens is 218 g/mol. The first-order chi connectivity index (χ1) is 8.31. The Kier molecular flexibility index (Phi) is 3.36. The van der Waals surface area contributed by atoms with Crippen LogP contribution in [0.15, 0.2) is 28.8 Å². The summed E-state index contributed by atoms with van der Waals surface area (Å²) >= 11 is 0. The number of nitrogens with zero attached hydrogens (tertiary/aromatic N) is 2. The van der Waals surface area contributed by atoms with Crippen LogP contribution in [0.5, 0.6) is 0 Å². The summed E-state index contributed by atoms with van der Waals surface area (Å²) in [5.41, 5.74) is 1.29. The fraction of sp³-hybridized carbons (Fsp3) is 0.250. The summed E-state index contributed by atoms with van der Waals surface area (Å²) in [7, 11) is 0. The van der Waals surface area contributed by atoms with Crippen LogP contribution in [0.25, 0.3) is 11.0 Å². The van der Waals surface area contributed by atoms with Gasteiger partial charge in [0.2, 0.25) is 5.91 Å². The maximum Gasteiger partial charge on any atom is 0.226 e. The van der Waals surface area contributed by atoms with Gasteiger partial charge in [-0.05, 0) is 12.1 Å². The highest BCUT2D eigenvalue weighted by atomic mass is 16.5. The minimum atomic E-state index is -0.153. The number of carbonyl (C=O) groups is 1. The number of nitrogens with one attached hydrogen (secondary N) is 1. The number of para-hydroxylation sites is 1. The molecule has 0 aliphatic rings. The molecule has 0 bridgehead atoms. The Morgan fingerprint density at radius 2 is 2.29 bits per heavy atom. The van der Waals surface area contributed by atoms with Gasteiger partial charge < -0.3 is 9.84 Å². The highest BCUT2D eigenvalue weighted by molar-refractivity contribution is 5.86. The van der Waals surface area contributed by atoms with Crippen LogP contribution in [-0.2, 0) is 11.2 Å². The molecule has 0 saturated heterocycles. The summed E-state index contributed by atoms with van der Waals surface area (Å²) in [5.74, 6) is -0.153. The minimum Gasteiger partial charge on any atom is -0.356 e. The van der Waals surface area contributed by atoms with Crippen LogP contribution in [0.1, 0.15) is 12.1 Å². The first-order valence-electron chi connectivity index (χ1n) is 5.28. The van der Waals surface area contributed by atoms with E-state index in [1.54, 1.807) is 6.07 Å². The fourth-order valence-electron chi connectivity index (χ4n) is 1.54. The Bertz CT molecular complexity index is 568. The Hall–Kier alpha value is -2.35. The minimum absolute atomic E-state index is 0.153. The zero-order valence-electron chi connectivity index (χ0n) is 9.14. The standard InChI is InChI=1S/C12H11N3O2/c13-6-3-7-14-12(16)8-10-9-4-1-2-5-11(9)17-15-10/h1-2,4-5H,3,7-8H2,(H,14,16). The second-order valence-corrected chi connectivity index (χ2v) is 3.56. The molecule has 0 atom stereocenters. The third-order valence-corrected chi connectivity index (χ3v) is 2.34. The van der Waals surface area contributed by atoms with Crippen LogP contribution >= 0.6 is 0 Å². The van der Waals surface area contributed by atoms with E-state index < -0.39 is 0 Å². The third-order valence-electron chi connectivity index (χ3n) is 2.34. The fourth-order valence-corrected chi connectivity index (χ4v) is 1.54. The van der Waals surface area contributed by atoms with E-state index >= 15 is 0 Å². The van der Waals surface area contributed by atoms with E-state index in [2.05, 4.69) is 10.5 Å². The molecule has 1 aromatic carbocycles. The molecule has 0 aliphatic heterocycles. The molecule has 1 amide bonds. The van der Waals surface area contributed by atoms with Crippen molar-refractivity contribution in [3.63, 3.8) is 0 Å². The SMILES string of the molecule is N#CCCNC(=O)Cc1noc2ccccc12. The van der Waals surface area contributed by atoms with Crippen LogP contribution in [0.4, 0.5) is 0 Å². The average Bonchev–Trinajstić information content (AvgIpc) is 2.73. The van der Waals surface area contributed by atoms with E-state index in [0.717, 1.165) is 5.39 Å². The smallest absolute Gasteiger partial charge is 0.226 e. The van der Waals surface area contributed by atoms with Gasteiger partial charge in [-0.25, -0.2) is 0 Å². The van der Waals surface area contributed by atoms with Crippen molar-refractivity contribution < 1.29 is 9.32 Å². The predicted octanol–water partition coefficient (Wildman–Crippen LogP) is 1.40. The zero-order valence-corrected chi connectivity index (χ0v) is 9.14. The van der Waals surface area contributed by atoms with Crippen LogP contribution in [0.3, 0.4) is 0 Å². The molecular formula is C12H11N3O2. The van der Waals surface area contributed by atoms with Gasteiger partial charge in [-0.15, -0.1) is 0 Å². The maximum absolute atomic E-state index is 11.5. The number of nitriles is 1. The lowest BCUT2D eigenvalue weighted by Crippen LogP contribution is -2.26. The van der Waals surface area contributed by atoms with Crippen molar-refractivity contribution in [1.82, 2.24) is 10.5 Å². The molecule has 86 valence electrons. The van der Waals surface area contributed by atoms with Crippen LogP contribution in [0.2, 0.25) is 0 Å². The van der Waals surface area contributed by atoms with Gasteiger partial charge in [-0.3, -0.25) is 4.79 Å². The molecule has 2 aromatic rings. The molecule has 1 N–H and O–H groups in total. The monoisotopic (exact) mass is 229 g/mol. The first-order valence-corrected chi connectivity index (χ1v) is 5.28. The van der Waals surface area contributed by atoms with Crippen molar-refractivity contribution >= 4 is 16.9 Å². The number of rotatable bonds is 4. The van der Waals surface area contributed by atoms with Crippen LogP contribution in [0, 0.1) is 11.3 Å². The van der Waals surface area contributed by atoms with E-state index in [1.807, 2.05) is 24.3 Å². The second kappa shape index (κ2) is 5.12. The van der Waals surface area contributed by atoms with Gasteiger partial charge in [0.05, 0.1) is 18.9 Å². The Labute approximate surface area is 98.0 Å². The number of hydrogen-bond donors (Lipinski definition) is 1. The summed E-state index contributed by atoms with van der Waals surface area (Å²) in [4.78, 5) is 11.5. The number of hydrogen-bond acceptors (Lipinski definition) is 4. The van der Waals surface area contributed by atoms with Crippen molar-refractivity contribution in [2.75, 3.05) is 6.54 Å². The van der Waals surface area contributed by atoms with E-state index in [0.29, 0.717) is 24.2 Å². The highest BCUT2D eigenvalue weighted by Crippen LogP contribution is 2.17. The largest absolute Gasteiger partial charge is 0.356 e. The maximum atomic E-state index is 11.5. The lowest BCUT2D eigenvalue weighted by molar-refractivity contribution is -0.120. The van der Waals surface area contributed by atoms with Gasteiger partial charge in [0, 0.05) is 11.9 Å². The van der Waals surface area contributed by atoms with Gasteiger partial charge in [-0.1, -0.05) is 17.3 Å². The van der Waals surface area contributed by atoms with Crippen LogP contribution < -0.4 is 5.32 Å². The van der Waals surface area contributed by atoms with E-state index in [9.17, 15) is 4.79 Å². The quantitative estimate of drug-likeness (QED) is 0.804. The summed E-state index contributed by atoms with van der Waals surface area (Å²) < 4.78 is 5.09. The Morgan fingerprint density at radius 3 is 3.12 bits per heavy atom. The van der Waals surface area contributed by atoms with E-state index in [4.69, 9.17) is 9.78 Å². The molecule has 0 radical (unpaired) electrons. The molecule has 5 nitrogen and oxygen atoms in total. The molecule has 0 spiro atoms. The van der Waals surface area contributed by atoms with Crippen molar-refractivity contribution in [1.29, 1.82) is 5.26 Å². The van der Waals surface area contributed by atoms with Crippen LogP contribution in [-0.4, -0.2) is 17.6 Å². The number of aromatic nitrogens is 1.